The van der Waals surface area contributed by atoms with Gasteiger partial charge in [-0.25, -0.2) is 12.8 Å². The fraction of sp³-hybridized carbons (Fsp3) is 0.353. The Labute approximate surface area is 156 Å². The maximum Gasteiger partial charge on any atom is 0.213 e. The molecule has 4 rings (SSSR count). The lowest BCUT2D eigenvalue weighted by Gasteiger charge is -2.34. The van der Waals surface area contributed by atoms with Gasteiger partial charge in [-0.2, -0.15) is 8.82 Å². The summed E-state index contributed by atoms with van der Waals surface area (Å²) >= 11 is 0. The van der Waals surface area contributed by atoms with Gasteiger partial charge < -0.3 is 4.90 Å². The molecule has 0 unspecified atom stereocenters. The van der Waals surface area contributed by atoms with Crippen LogP contribution in [0.3, 0.4) is 0 Å². The van der Waals surface area contributed by atoms with Crippen molar-refractivity contribution in [1.82, 2.24) is 24.1 Å². The summed E-state index contributed by atoms with van der Waals surface area (Å²) in [6.07, 6.45) is 0. The van der Waals surface area contributed by atoms with Crippen LogP contribution in [-0.2, 0) is 10.0 Å². The standard InChI is InChI=1S/C17H19FN6O2S/c1-2-27(25,26)23-11-9-22(10-12-23)16-8-7-15-19-20-17(24(15)21-16)13-5-3-4-6-14(13)18/h3-8H,2,9-12H2,1H3. The molecular formula is C17H19FN6O2S. The van der Waals surface area contributed by atoms with E-state index in [1.54, 1.807) is 31.2 Å². The third kappa shape index (κ3) is 3.26. The Bertz CT molecular complexity index is 1080. The van der Waals surface area contributed by atoms with Crippen molar-refractivity contribution < 1.29 is 12.8 Å². The van der Waals surface area contributed by atoms with Gasteiger partial charge in [-0.05, 0) is 31.2 Å². The third-order valence-corrected chi connectivity index (χ3v) is 6.57. The highest BCUT2D eigenvalue weighted by molar-refractivity contribution is 7.89. The molecule has 3 aromatic rings. The molecule has 0 spiro atoms. The fourth-order valence-corrected chi connectivity index (χ4v) is 4.22. The zero-order chi connectivity index (χ0) is 19.0. The van der Waals surface area contributed by atoms with Gasteiger partial charge in [0.15, 0.2) is 11.5 Å². The van der Waals surface area contributed by atoms with E-state index in [1.165, 1.54) is 14.9 Å². The fourth-order valence-electron chi connectivity index (χ4n) is 3.14. The average molecular weight is 390 g/mol. The highest BCUT2D eigenvalue weighted by Crippen LogP contribution is 2.22. The SMILES string of the molecule is CCS(=O)(=O)N1CCN(c2ccc3nnc(-c4ccccc4F)n3n2)CC1. The second-order valence-electron chi connectivity index (χ2n) is 6.25. The third-order valence-electron chi connectivity index (χ3n) is 4.68. The molecule has 8 nitrogen and oxygen atoms in total. The van der Waals surface area contributed by atoms with Crippen molar-refractivity contribution in [1.29, 1.82) is 0 Å². The van der Waals surface area contributed by atoms with E-state index in [2.05, 4.69) is 15.3 Å². The van der Waals surface area contributed by atoms with Crippen LogP contribution in [0.1, 0.15) is 6.92 Å². The van der Waals surface area contributed by atoms with Crippen LogP contribution in [-0.4, -0.2) is 64.5 Å². The van der Waals surface area contributed by atoms with Crippen LogP contribution in [0, 0.1) is 5.82 Å². The summed E-state index contributed by atoms with van der Waals surface area (Å²) in [6, 6.07) is 9.94. The first-order valence-electron chi connectivity index (χ1n) is 8.70. The largest absolute Gasteiger partial charge is 0.353 e. The number of rotatable bonds is 4. The molecule has 0 atom stereocenters. The van der Waals surface area contributed by atoms with Crippen LogP contribution < -0.4 is 4.90 Å². The lowest BCUT2D eigenvalue weighted by atomic mass is 10.2. The molecule has 27 heavy (non-hydrogen) atoms. The van der Waals surface area contributed by atoms with Crippen molar-refractivity contribution in [3.05, 3.63) is 42.2 Å². The molecule has 1 saturated heterocycles. The van der Waals surface area contributed by atoms with E-state index in [9.17, 15) is 12.8 Å². The van der Waals surface area contributed by atoms with E-state index in [0.717, 1.165) is 0 Å². The molecule has 1 aromatic carbocycles. The lowest BCUT2D eigenvalue weighted by Crippen LogP contribution is -2.49. The Morgan fingerprint density at radius 3 is 2.48 bits per heavy atom. The normalized spacial score (nSPS) is 16.1. The average Bonchev–Trinajstić information content (AvgIpc) is 3.11. The smallest absolute Gasteiger partial charge is 0.213 e. The minimum Gasteiger partial charge on any atom is -0.353 e. The first kappa shape index (κ1) is 17.8. The molecule has 0 N–H and O–H groups in total. The number of hydrogen-bond acceptors (Lipinski definition) is 6. The lowest BCUT2D eigenvalue weighted by molar-refractivity contribution is 0.384. The molecular weight excluding hydrogens is 371 g/mol. The molecule has 10 heteroatoms. The molecule has 1 aliphatic heterocycles. The second-order valence-corrected chi connectivity index (χ2v) is 8.51. The van der Waals surface area contributed by atoms with Crippen molar-refractivity contribution in [2.24, 2.45) is 0 Å². The maximum absolute atomic E-state index is 14.1. The predicted octanol–water partition coefficient (Wildman–Crippen LogP) is 1.40. The van der Waals surface area contributed by atoms with E-state index >= 15 is 0 Å². The van der Waals surface area contributed by atoms with E-state index in [-0.39, 0.29) is 5.75 Å². The zero-order valence-electron chi connectivity index (χ0n) is 14.8. The Kier molecular flexibility index (Phi) is 4.52. The van der Waals surface area contributed by atoms with E-state index < -0.39 is 15.8 Å². The van der Waals surface area contributed by atoms with Gasteiger partial charge in [-0.15, -0.1) is 15.3 Å². The van der Waals surface area contributed by atoms with Crippen molar-refractivity contribution in [3.8, 4) is 11.4 Å². The molecule has 3 heterocycles. The van der Waals surface area contributed by atoms with Crippen molar-refractivity contribution in [2.75, 3.05) is 36.8 Å². The highest BCUT2D eigenvalue weighted by atomic mass is 32.2. The Hall–Kier alpha value is -2.59. The summed E-state index contributed by atoms with van der Waals surface area (Å²) in [4.78, 5) is 2.01. The number of hydrogen-bond donors (Lipinski definition) is 0. The van der Waals surface area contributed by atoms with Crippen molar-refractivity contribution in [3.63, 3.8) is 0 Å². The summed E-state index contributed by atoms with van der Waals surface area (Å²) in [7, 11) is -3.18. The molecule has 0 radical (unpaired) electrons. The van der Waals surface area contributed by atoms with Crippen LogP contribution in [0.5, 0.6) is 0 Å². The summed E-state index contributed by atoms with van der Waals surface area (Å²) in [5, 5.41) is 12.7. The molecule has 2 aromatic heterocycles. The summed E-state index contributed by atoms with van der Waals surface area (Å²) in [6.45, 7) is 3.55. The van der Waals surface area contributed by atoms with Crippen LogP contribution >= 0.6 is 0 Å². The molecule has 1 fully saturated rings. The number of piperazine rings is 1. The quantitative estimate of drug-likeness (QED) is 0.670. The van der Waals surface area contributed by atoms with Crippen LogP contribution in [0.4, 0.5) is 10.2 Å². The highest BCUT2D eigenvalue weighted by Gasteiger charge is 2.26. The second kappa shape index (κ2) is 6.86. The van der Waals surface area contributed by atoms with Crippen LogP contribution in [0.25, 0.3) is 17.0 Å². The first-order valence-corrected chi connectivity index (χ1v) is 10.3. The van der Waals surface area contributed by atoms with Gasteiger partial charge in [-0.3, -0.25) is 0 Å². The van der Waals surface area contributed by atoms with Crippen molar-refractivity contribution in [2.45, 2.75) is 6.92 Å². The monoisotopic (exact) mass is 390 g/mol. The van der Waals surface area contributed by atoms with E-state index in [4.69, 9.17) is 0 Å². The Balaban J connectivity index is 1.63. The van der Waals surface area contributed by atoms with Gasteiger partial charge in [0.2, 0.25) is 10.0 Å². The van der Waals surface area contributed by atoms with Crippen LogP contribution in [0.2, 0.25) is 0 Å². The van der Waals surface area contributed by atoms with Gasteiger partial charge in [0.25, 0.3) is 0 Å². The minimum absolute atomic E-state index is 0.101. The Morgan fingerprint density at radius 1 is 1.04 bits per heavy atom. The number of halogens is 1. The van der Waals surface area contributed by atoms with Crippen LogP contribution in [0.15, 0.2) is 36.4 Å². The zero-order valence-corrected chi connectivity index (χ0v) is 15.6. The number of aromatic nitrogens is 4. The van der Waals surface area contributed by atoms with Gasteiger partial charge in [0.05, 0.1) is 11.3 Å². The topological polar surface area (TPSA) is 83.7 Å². The molecule has 0 saturated carbocycles. The number of sulfonamides is 1. The van der Waals surface area contributed by atoms with E-state index in [0.29, 0.717) is 49.0 Å². The molecule has 1 aliphatic rings. The van der Waals surface area contributed by atoms with Gasteiger partial charge in [0, 0.05) is 26.2 Å². The number of benzene rings is 1. The number of nitrogens with zero attached hydrogens (tertiary/aromatic N) is 6. The van der Waals surface area contributed by atoms with E-state index in [1.807, 2.05) is 11.0 Å². The molecule has 0 bridgehead atoms. The summed E-state index contributed by atoms with van der Waals surface area (Å²) in [5.41, 5.74) is 0.845. The summed E-state index contributed by atoms with van der Waals surface area (Å²) in [5.74, 6) is 0.715. The van der Waals surface area contributed by atoms with Gasteiger partial charge in [-0.1, -0.05) is 12.1 Å². The number of anilines is 1. The molecule has 0 aliphatic carbocycles. The maximum atomic E-state index is 14.1. The summed E-state index contributed by atoms with van der Waals surface area (Å²) < 4.78 is 41.2. The van der Waals surface area contributed by atoms with Gasteiger partial charge in [0.1, 0.15) is 11.6 Å². The molecule has 0 amide bonds. The Morgan fingerprint density at radius 2 is 1.78 bits per heavy atom. The molecule has 142 valence electrons. The van der Waals surface area contributed by atoms with Crippen molar-refractivity contribution >= 4 is 21.5 Å². The predicted molar refractivity (Wildman–Crippen MR) is 99.4 cm³/mol. The first-order chi connectivity index (χ1) is 13.0. The minimum atomic E-state index is -3.18. The van der Waals surface area contributed by atoms with Gasteiger partial charge >= 0.3 is 0 Å². The number of fused-ring (bicyclic) bond motifs is 1.